The molecule has 0 aliphatic carbocycles. The molecule has 3 aromatic rings. The number of fused-ring (bicyclic) bond motifs is 1. The number of aryl methyl sites for hydroxylation is 2. The molecule has 0 spiro atoms. The first kappa shape index (κ1) is 24.4. The van der Waals surface area contributed by atoms with Crippen molar-refractivity contribution >= 4 is 28.5 Å². The molecule has 1 N–H and O–H groups in total. The highest BCUT2D eigenvalue weighted by Gasteiger charge is 2.40. The van der Waals surface area contributed by atoms with Crippen molar-refractivity contribution in [2.45, 2.75) is 44.9 Å². The second-order valence-electron chi connectivity index (χ2n) is 9.21. The number of aromatic nitrogens is 2. The number of halogens is 1. The van der Waals surface area contributed by atoms with E-state index < -0.39 is 11.4 Å². The molecule has 1 fully saturated rings. The van der Waals surface area contributed by atoms with Crippen LogP contribution in [0.15, 0.2) is 48.9 Å². The maximum Gasteiger partial charge on any atom is 0.309 e. The van der Waals surface area contributed by atoms with Gasteiger partial charge in [0.25, 0.3) is 0 Å². The van der Waals surface area contributed by atoms with Gasteiger partial charge in [-0.05, 0) is 106 Å². The monoisotopic (exact) mass is 481 g/mol. The second kappa shape index (κ2) is 11.2. The molecule has 1 aliphatic rings. The Morgan fingerprint density at radius 2 is 1.91 bits per heavy atom. The van der Waals surface area contributed by atoms with Crippen molar-refractivity contribution in [3.05, 3.63) is 65.1 Å². The molecule has 0 unspecified atom stereocenters. The highest BCUT2D eigenvalue weighted by Crippen LogP contribution is 2.38. The highest BCUT2D eigenvalue weighted by atomic mass is 35.5. The molecule has 7 heteroatoms. The largest absolute Gasteiger partial charge is 0.497 e. The first-order chi connectivity index (χ1) is 16.5. The zero-order chi connectivity index (χ0) is 24.0. The van der Waals surface area contributed by atoms with E-state index in [9.17, 15) is 9.90 Å². The normalized spacial score (nSPS) is 15.9. The van der Waals surface area contributed by atoms with Gasteiger partial charge in [0.2, 0.25) is 0 Å². The van der Waals surface area contributed by atoms with Crippen LogP contribution in [0.5, 0.6) is 5.75 Å². The van der Waals surface area contributed by atoms with E-state index in [0.717, 1.165) is 67.5 Å². The minimum Gasteiger partial charge on any atom is -0.497 e. The van der Waals surface area contributed by atoms with Gasteiger partial charge in [0.05, 0.1) is 23.1 Å². The van der Waals surface area contributed by atoms with Crippen LogP contribution in [0.2, 0.25) is 5.02 Å². The number of methoxy groups -OCH3 is 1. The van der Waals surface area contributed by atoms with Gasteiger partial charge in [-0.15, -0.1) is 0 Å². The molecule has 1 saturated heterocycles. The predicted molar refractivity (Wildman–Crippen MR) is 135 cm³/mol. The summed E-state index contributed by atoms with van der Waals surface area (Å²) in [5.74, 6) is 0.0902. The fourth-order valence-corrected chi connectivity index (χ4v) is 5.26. The maximum atomic E-state index is 12.3. The van der Waals surface area contributed by atoms with Crippen LogP contribution in [-0.2, 0) is 17.6 Å². The molecule has 0 radical (unpaired) electrons. The number of aliphatic carboxylic acids is 1. The second-order valence-corrected chi connectivity index (χ2v) is 9.61. The zero-order valence-corrected chi connectivity index (χ0v) is 20.4. The van der Waals surface area contributed by atoms with Crippen molar-refractivity contribution in [1.82, 2.24) is 14.9 Å². The van der Waals surface area contributed by atoms with Crippen LogP contribution >= 0.6 is 11.6 Å². The molecule has 180 valence electrons. The summed E-state index contributed by atoms with van der Waals surface area (Å²) < 4.78 is 5.37. The van der Waals surface area contributed by atoms with Gasteiger partial charge in [-0.3, -0.25) is 14.8 Å². The summed E-state index contributed by atoms with van der Waals surface area (Å²) >= 11 is 6.50. The summed E-state index contributed by atoms with van der Waals surface area (Å²) in [6, 6.07) is 9.88. The van der Waals surface area contributed by atoms with Gasteiger partial charge in [0, 0.05) is 24.0 Å². The molecular weight excluding hydrogens is 450 g/mol. The van der Waals surface area contributed by atoms with Gasteiger partial charge in [-0.1, -0.05) is 11.6 Å². The number of hydrogen-bond donors (Lipinski definition) is 1. The van der Waals surface area contributed by atoms with Crippen LogP contribution in [-0.4, -0.2) is 52.7 Å². The molecule has 0 atom stereocenters. The summed E-state index contributed by atoms with van der Waals surface area (Å²) in [6.07, 6.45) is 11.0. The molecule has 1 aliphatic heterocycles. The summed E-state index contributed by atoms with van der Waals surface area (Å²) in [5.41, 5.74) is 2.52. The number of rotatable bonds is 10. The number of piperidine rings is 1. The van der Waals surface area contributed by atoms with Gasteiger partial charge in [0.15, 0.2) is 0 Å². The van der Waals surface area contributed by atoms with E-state index in [1.54, 1.807) is 13.3 Å². The van der Waals surface area contributed by atoms with Gasteiger partial charge in [0.1, 0.15) is 5.75 Å². The number of benzene rings is 1. The lowest BCUT2D eigenvalue weighted by Crippen LogP contribution is -2.44. The topological polar surface area (TPSA) is 75.6 Å². The van der Waals surface area contributed by atoms with Crippen molar-refractivity contribution < 1.29 is 14.6 Å². The lowest BCUT2D eigenvalue weighted by molar-refractivity contribution is -0.152. The summed E-state index contributed by atoms with van der Waals surface area (Å²) in [6.45, 7) is 2.66. The first-order valence-electron chi connectivity index (χ1n) is 12.0. The summed E-state index contributed by atoms with van der Waals surface area (Å²) in [7, 11) is 1.64. The van der Waals surface area contributed by atoms with E-state index in [2.05, 4.69) is 27.0 Å². The van der Waals surface area contributed by atoms with Gasteiger partial charge in [-0.2, -0.15) is 0 Å². The van der Waals surface area contributed by atoms with Crippen LogP contribution in [0, 0.1) is 5.41 Å². The fraction of sp³-hybridized carbons (Fsp3) is 0.444. The summed E-state index contributed by atoms with van der Waals surface area (Å²) in [5, 5.41) is 11.7. The third-order valence-electron chi connectivity index (χ3n) is 7.17. The Kier molecular flexibility index (Phi) is 8.01. The smallest absolute Gasteiger partial charge is 0.309 e. The third-order valence-corrected chi connectivity index (χ3v) is 7.50. The van der Waals surface area contributed by atoms with E-state index >= 15 is 0 Å². The lowest BCUT2D eigenvalue weighted by atomic mass is 9.74. The predicted octanol–water partition coefficient (Wildman–Crippen LogP) is 5.41. The van der Waals surface area contributed by atoms with E-state index in [1.165, 1.54) is 5.56 Å². The molecule has 3 heterocycles. The molecular formula is C27H32ClN3O3. The molecule has 4 rings (SSSR count). The van der Waals surface area contributed by atoms with Crippen LogP contribution in [0.3, 0.4) is 0 Å². The van der Waals surface area contributed by atoms with E-state index in [0.29, 0.717) is 24.3 Å². The molecule has 0 saturated carbocycles. The summed E-state index contributed by atoms with van der Waals surface area (Å²) in [4.78, 5) is 23.2. The number of nitrogens with zero attached hydrogens (tertiary/aromatic N) is 3. The fourth-order valence-electron chi connectivity index (χ4n) is 5.02. The van der Waals surface area contributed by atoms with Gasteiger partial charge < -0.3 is 14.7 Å². The Morgan fingerprint density at radius 3 is 2.62 bits per heavy atom. The average molecular weight is 482 g/mol. The number of likely N-dealkylation sites (tertiary alicyclic amines) is 1. The average Bonchev–Trinajstić information content (AvgIpc) is 2.86. The van der Waals surface area contributed by atoms with Gasteiger partial charge in [-0.25, -0.2) is 0 Å². The van der Waals surface area contributed by atoms with Crippen molar-refractivity contribution in [2.24, 2.45) is 5.41 Å². The van der Waals surface area contributed by atoms with Crippen LogP contribution in [0.25, 0.3) is 10.9 Å². The van der Waals surface area contributed by atoms with Crippen LogP contribution in [0.1, 0.15) is 43.2 Å². The molecule has 1 aromatic carbocycles. The van der Waals surface area contributed by atoms with Crippen molar-refractivity contribution in [1.29, 1.82) is 0 Å². The minimum atomic E-state index is -0.670. The minimum absolute atomic E-state index is 0.620. The number of hydrogen-bond acceptors (Lipinski definition) is 5. The Labute approximate surface area is 205 Å². The Bertz CT molecular complexity index is 1110. The lowest BCUT2D eigenvalue weighted by Gasteiger charge is -2.39. The standard InChI is InChI=1S/C27H32ClN3O3/c1-34-21-6-7-25-23(18-21)22(24(28)19-30-25)5-2-10-27(26(32)33)11-16-31(17-12-27)15-3-4-20-8-13-29-14-9-20/h6-9,13-14,18-19H,2-5,10-12,15-17H2,1H3,(H,32,33). The van der Waals surface area contributed by atoms with E-state index in [1.807, 2.05) is 30.6 Å². The third kappa shape index (κ3) is 5.68. The van der Waals surface area contributed by atoms with E-state index in [4.69, 9.17) is 16.3 Å². The van der Waals surface area contributed by atoms with Crippen molar-refractivity contribution in [3.8, 4) is 5.75 Å². The maximum absolute atomic E-state index is 12.3. The Morgan fingerprint density at radius 1 is 1.15 bits per heavy atom. The zero-order valence-electron chi connectivity index (χ0n) is 19.7. The Balaban J connectivity index is 1.34. The first-order valence-corrected chi connectivity index (χ1v) is 12.3. The molecule has 6 nitrogen and oxygen atoms in total. The van der Waals surface area contributed by atoms with Crippen LogP contribution < -0.4 is 4.74 Å². The number of carbonyl (C=O) groups is 1. The van der Waals surface area contributed by atoms with E-state index in [-0.39, 0.29) is 0 Å². The Hall–Kier alpha value is -2.70. The number of ether oxygens (including phenoxy) is 1. The van der Waals surface area contributed by atoms with Gasteiger partial charge >= 0.3 is 5.97 Å². The number of carboxylic acid groups (broad SMARTS) is 1. The van der Waals surface area contributed by atoms with Crippen molar-refractivity contribution in [3.63, 3.8) is 0 Å². The van der Waals surface area contributed by atoms with Crippen LogP contribution in [0.4, 0.5) is 0 Å². The molecule has 0 amide bonds. The SMILES string of the molecule is COc1ccc2ncc(Cl)c(CCCC3(C(=O)O)CCN(CCCc4ccncc4)CC3)c2c1. The molecule has 34 heavy (non-hydrogen) atoms. The molecule has 2 aromatic heterocycles. The number of carboxylic acids is 1. The quantitative estimate of drug-likeness (QED) is 0.417. The van der Waals surface area contributed by atoms with Crippen molar-refractivity contribution in [2.75, 3.05) is 26.7 Å². The number of pyridine rings is 2. The highest BCUT2D eigenvalue weighted by molar-refractivity contribution is 6.32. The molecule has 0 bridgehead atoms.